The molecule has 0 radical (unpaired) electrons. The number of nitrogens with zero attached hydrogens (tertiary/aromatic N) is 3. The monoisotopic (exact) mass is 362 g/mol. The zero-order chi connectivity index (χ0) is 15.0. The molecule has 112 valence electrons. The minimum absolute atomic E-state index is 0.276. The summed E-state index contributed by atoms with van der Waals surface area (Å²) in [4.78, 5) is 4.20. The van der Waals surface area contributed by atoms with Crippen LogP contribution in [0.4, 0.5) is 19.1 Å². The molecule has 0 atom stereocenters. The SMILES string of the molecule is FC(F)(F)Oc1ccc(-n2nc(Br)nc2NC2CC2)cc1. The number of nitrogens with one attached hydrogen (secondary N) is 1. The Bertz CT molecular complexity index is 637. The van der Waals surface area contributed by atoms with Crippen LogP contribution in [0.25, 0.3) is 5.69 Å². The quantitative estimate of drug-likeness (QED) is 0.904. The molecule has 0 spiro atoms. The van der Waals surface area contributed by atoms with Gasteiger partial charge in [0.25, 0.3) is 0 Å². The van der Waals surface area contributed by atoms with Crippen LogP contribution in [0, 0.1) is 0 Å². The summed E-state index contributed by atoms with van der Waals surface area (Å²) in [6, 6.07) is 5.83. The Labute approximate surface area is 126 Å². The second-order valence-electron chi connectivity index (χ2n) is 4.58. The van der Waals surface area contributed by atoms with Crippen molar-refractivity contribution in [3.63, 3.8) is 0 Å². The average molecular weight is 363 g/mol. The molecule has 1 heterocycles. The molecule has 0 unspecified atom stereocenters. The molecular formula is C12H10BrF3N4O. The van der Waals surface area contributed by atoms with E-state index in [9.17, 15) is 13.2 Å². The number of rotatable bonds is 4. The third kappa shape index (κ3) is 3.66. The molecule has 21 heavy (non-hydrogen) atoms. The van der Waals surface area contributed by atoms with Gasteiger partial charge in [-0.25, -0.2) is 0 Å². The molecule has 1 aliphatic rings. The van der Waals surface area contributed by atoms with Gasteiger partial charge < -0.3 is 10.1 Å². The summed E-state index contributed by atoms with van der Waals surface area (Å²) in [5.74, 6) is 0.274. The smallest absolute Gasteiger partial charge is 0.406 e. The van der Waals surface area contributed by atoms with E-state index in [4.69, 9.17) is 0 Å². The number of anilines is 1. The van der Waals surface area contributed by atoms with Crippen LogP contribution in [0.3, 0.4) is 0 Å². The summed E-state index contributed by atoms with van der Waals surface area (Å²) < 4.78 is 42.1. The Morgan fingerprint density at radius 2 is 1.90 bits per heavy atom. The highest BCUT2D eigenvalue weighted by Gasteiger charge is 2.31. The summed E-state index contributed by atoms with van der Waals surface area (Å²) in [5.41, 5.74) is 0.589. The van der Waals surface area contributed by atoms with Crippen LogP contribution in [-0.4, -0.2) is 27.2 Å². The van der Waals surface area contributed by atoms with Gasteiger partial charge in [0.15, 0.2) is 0 Å². The number of hydrogen-bond donors (Lipinski definition) is 1. The van der Waals surface area contributed by atoms with E-state index >= 15 is 0 Å². The van der Waals surface area contributed by atoms with Gasteiger partial charge in [0, 0.05) is 6.04 Å². The van der Waals surface area contributed by atoms with E-state index in [0.29, 0.717) is 22.4 Å². The van der Waals surface area contributed by atoms with Crippen molar-refractivity contribution < 1.29 is 17.9 Å². The first-order chi connectivity index (χ1) is 9.90. The van der Waals surface area contributed by atoms with Crippen LogP contribution < -0.4 is 10.1 Å². The molecule has 1 saturated carbocycles. The maximum atomic E-state index is 12.1. The highest BCUT2D eigenvalue weighted by atomic mass is 79.9. The summed E-state index contributed by atoms with van der Waals surface area (Å²) >= 11 is 3.19. The minimum Gasteiger partial charge on any atom is -0.406 e. The van der Waals surface area contributed by atoms with Gasteiger partial charge in [-0.15, -0.1) is 18.3 Å². The van der Waals surface area contributed by atoms with Crippen molar-refractivity contribution in [2.45, 2.75) is 25.2 Å². The van der Waals surface area contributed by atoms with E-state index < -0.39 is 6.36 Å². The maximum absolute atomic E-state index is 12.1. The molecule has 3 rings (SSSR count). The van der Waals surface area contributed by atoms with Crippen molar-refractivity contribution in [1.29, 1.82) is 0 Å². The first-order valence-electron chi connectivity index (χ1n) is 6.16. The van der Waals surface area contributed by atoms with E-state index in [2.05, 4.69) is 36.1 Å². The Balaban J connectivity index is 1.83. The fourth-order valence-corrected chi connectivity index (χ4v) is 2.09. The van der Waals surface area contributed by atoms with Crippen molar-refractivity contribution in [3.05, 3.63) is 29.0 Å². The fourth-order valence-electron chi connectivity index (χ4n) is 1.76. The second kappa shape index (κ2) is 5.21. The van der Waals surface area contributed by atoms with Gasteiger partial charge >= 0.3 is 6.36 Å². The van der Waals surface area contributed by atoms with E-state index in [0.717, 1.165) is 12.8 Å². The van der Waals surface area contributed by atoms with Gasteiger partial charge in [0.05, 0.1) is 5.69 Å². The molecule has 0 bridgehead atoms. The lowest BCUT2D eigenvalue weighted by Crippen LogP contribution is -2.17. The molecule has 1 aliphatic carbocycles. The molecule has 2 aromatic rings. The van der Waals surface area contributed by atoms with E-state index in [1.807, 2.05) is 0 Å². The van der Waals surface area contributed by atoms with Crippen molar-refractivity contribution in [1.82, 2.24) is 14.8 Å². The van der Waals surface area contributed by atoms with Gasteiger partial charge in [0.1, 0.15) is 5.75 Å². The Kier molecular flexibility index (Phi) is 3.52. The maximum Gasteiger partial charge on any atom is 0.573 e. The number of alkyl halides is 3. The molecule has 1 aromatic carbocycles. The number of aromatic nitrogens is 3. The Hall–Kier alpha value is -1.77. The van der Waals surface area contributed by atoms with Crippen LogP contribution >= 0.6 is 15.9 Å². The van der Waals surface area contributed by atoms with Gasteiger partial charge in [0.2, 0.25) is 10.7 Å². The zero-order valence-corrected chi connectivity index (χ0v) is 12.1. The first kappa shape index (κ1) is 14.2. The second-order valence-corrected chi connectivity index (χ2v) is 5.29. The van der Waals surface area contributed by atoms with E-state index in [-0.39, 0.29) is 5.75 Å². The van der Waals surface area contributed by atoms with Crippen LogP contribution in [0.2, 0.25) is 0 Å². The number of hydrogen-bond acceptors (Lipinski definition) is 4. The molecule has 1 N–H and O–H groups in total. The van der Waals surface area contributed by atoms with Crippen LogP contribution in [0.1, 0.15) is 12.8 Å². The van der Waals surface area contributed by atoms with Crippen LogP contribution in [0.15, 0.2) is 29.0 Å². The minimum atomic E-state index is -4.70. The highest BCUT2D eigenvalue weighted by molar-refractivity contribution is 9.10. The Morgan fingerprint density at radius 3 is 2.48 bits per heavy atom. The van der Waals surface area contributed by atoms with Crippen molar-refractivity contribution in [2.24, 2.45) is 0 Å². The van der Waals surface area contributed by atoms with Gasteiger partial charge in [-0.05, 0) is 53.0 Å². The summed E-state index contributed by atoms with van der Waals surface area (Å²) in [6.07, 6.45) is -2.55. The third-order valence-corrected chi connectivity index (χ3v) is 3.14. The normalized spacial score (nSPS) is 15.0. The van der Waals surface area contributed by atoms with E-state index in [1.54, 1.807) is 0 Å². The first-order valence-corrected chi connectivity index (χ1v) is 6.95. The van der Waals surface area contributed by atoms with Gasteiger partial charge in [-0.2, -0.15) is 9.67 Å². The largest absolute Gasteiger partial charge is 0.573 e. The molecular weight excluding hydrogens is 353 g/mol. The molecule has 0 saturated heterocycles. The number of halogens is 4. The zero-order valence-electron chi connectivity index (χ0n) is 10.6. The van der Waals surface area contributed by atoms with Gasteiger partial charge in [-0.3, -0.25) is 0 Å². The summed E-state index contributed by atoms with van der Waals surface area (Å²) in [6.45, 7) is 0. The number of benzene rings is 1. The fraction of sp³-hybridized carbons (Fsp3) is 0.333. The molecule has 9 heteroatoms. The predicted octanol–water partition coefficient (Wildman–Crippen LogP) is 3.50. The van der Waals surface area contributed by atoms with Crippen molar-refractivity contribution in [3.8, 4) is 11.4 Å². The molecule has 1 aromatic heterocycles. The molecule has 1 fully saturated rings. The Morgan fingerprint density at radius 1 is 1.24 bits per heavy atom. The average Bonchev–Trinajstić information content (AvgIpc) is 3.11. The highest BCUT2D eigenvalue weighted by Crippen LogP contribution is 2.27. The van der Waals surface area contributed by atoms with Crippen molar-refractivity contribution in [2.75, 3.05) is 5.32 Å². The lowest BCUT2D eigenvalue weighted by atomic mass is 10.3. The van der Waals surface area contributed by atoms with Crippen LogP contribution in [0.5, 0.6) is 5.75 Å². The van der Waals surface area contributed by atoms with Gasteiger partial charge in [-0.1, -0.05) is 0 Å². The third-order valence-electron chi connectivity index (χ3n) is 2.81. The standard InChI is InChI=1S/C12H10BrF3N4O/c13-10-18-11(17-7-1-2-7)20(19-10)8-3-5-9(6-4-8)21-12(14,15)16/h3-7H,1-2H2,(H,17,18,19). The lowest BCUT2D eigenvalue weighted by Gasteiger charge is -2.10. The van der Waals surface area contributed by atoms with E-state index in [1.165, 1.54) is 28.9 Å². The molecule has 5 nitrogen and oxygen atoms in total. The predicted molar refractivity (Wildman–Crippen MR) is 72.4 cm³/mol. The lowest BCUT2D eigenvalue weighted by molar-refractivity contribution is -0.274. The number of ether oxygens (including phenoxy) is 1. The van der Waals surface area contributed by atoms with Crippen molar-refractivity contribution >= 4 is 21.9 Å². The molecule has 0 aliphatic heterocycles. The summed E-state index contributed by atoms with van der Waals surface area (Å²) in [5, 5.41) is 7.37. The van der Waals surface area contributed by atoms with Crippen LogP contribution in [-0.2, 0) is 0 Å². The summed E-state index contributed by atoms with van der Waals surface area (Å²) in [7, 11) is 0. The molecule has 0 amide bonds. The topological polar surface area (TPSA) is 52.0 Å².